The van der Waals surface area contributed by atoms with Crippen molar-refractivity contribution in [2.24, 2.45) is 0 Å². The Labute approximate surface area is 218 Å². The van der Waals surface area contributed by atoms with Gasteiger partial charge in [-0.3, -0.25) is 14.4 Å². The number of benzene rings is 3. The van der Waals surface area contributed by atoms with Gasteiger partial charge in [0.1, 0.15) is 0 Å². The van der Waals surface area contributed by atoms with E-state index >= 15 is 0 Å². The third-order valence-corrected chi connectivity index (χ3v) is 9.92. The fraction of sp³-hybridized carbons (Fsp3) is 0. The number of hydrogen-bond acceptors (Lipinski definition) is 4. The van der Waals surface area contributed by atoms with Crippen molar-refractivity contribution in [2.75, 3.05) is 0 Å². The molecule has 0 atom stereocenters. The Bertz CT molecular complexity index is 1180. The predicted octanol–water partition coefficient (Wildman–Crippen LogP) is 8.91. The van der Waals surface area contributed by atoms with Gasteiger partial charge in [-0.2, -0.15) is 0 Å². The van der Waals surface area contributed by atoms with Gasteiger partial charge < -0.3 is 0 Å². The van der Waals surface area contributed by atoms with Crippen LogP contribution in [0.4, 0.5) is 0 Å². The maximum atomic E-state index is 13.6. The zero-order valence-electron chi connectivity index (χ0n) is 15.5. The van der Waals surface area contributed by atoms with E-state index in [1.54, 1.807) is 0 Å². The van der Waals surface area contributed by atoms with E-state index in [4.69, 9.17) is 81.4 Å². The highest BCUT2D eigenvalue weighted by Crippen LogP contribution is 2.57. The summed E-state index contributed by atoms with van der Waals surface area (Å²) in [7, 11) is 0. The molecule has 0 aromatic heterocycles. The number of carbonyl (C=O) groups is 3. The smallest absolute Gasteiger partial charge is 0.210 e. The minimum Gasteiger partial charge on any atom is -0.287 e. The molecule has 3 rings (SSSR count). The maximum absolute atomic E-state index is 13.6. The van der Waals surface area contributed by atoms with Crippen LogP contribution in [-0.4, -0.2) is 16.6 Å². The van der Waals surface area contributed by atoms with E-state index in [2.05, 4.69) is 0 Å². The first kappa shape index (κ1) is 25.7. The van der Waals surface area contributed by atoms with E-state index in [0.717, 1.165) is 0 Å². The molecule has 0 saturated heterocycles. The molecule has 0 bridgehead atoms. The van der Waals surface area contributed by atoms with E-state index < -0.39 is 22.6 Å². The van der Waals surface area contributed by atoms with Gasteiger partial charge in [0.05, 0.1) is 15.1 Å². The Morgan fingerprint density at radius 2 is 0.781 bits per heavy atom. The Kier molecular flexibility index (Phi) is 8.13. The topological polar surface area (TPSA) is 51.2 Å². The van der Waals surface area contributed by atoms with E-state index in [-0.39, 0.29) is 46.8 Å². The number of halogens is 6. The van der Waals surface area contributed by atoms with Crippen molar-refractivity contribution >= 4 is 104 Å². The fourth-order valence-electron chi connectivity index (χ4n) is 2.77. The third kappa shape index (κ3) is 4.94. The monoisotopic (exact) mass is 582 g/mol. The zero-order chi connectivity index (χ0) is 23.8. The Morgan fingerprint density at radius 1 is 0.531 bits per heavy atom. The molecule has 0 N–H and O–H groups in total. The molecule has 164 valence electrons. The molecule has 3 nitrogen and oxygen atoms in total. The molecule has 0 aliphatic heterocycles. The van der Waals surface area contributed by atoms with Crippen LogP contribution in [0, 0.1) is 0 Å². The lowest BCUT2D eigenvalue weighted by Gasteiger charge is -2.20. The summed E-state index contributed by atoms with van der Waals surface area (Å²) in [5.41, 5.74) is -3.09. The van der Waals surface area contributed by atoms with Gasteiger partial charge in [0.25, 0.3) is 0 Å². The van der Waals surface area contributed by atoms with Crippen LogP contribution in [0.1, 0.15) is 31.1 Å². The lowest BCUT2D eigenvalue weighted by atomic mass is 10.2. The number of hydrogen-bond donors (Lipinski definition) is 0. The van der Waals surface area contributed by atoms with Crippen molar-refractivity contribution < 1.29 is 14.4 Å². The summed E-state index contributed by atoms with van der Waals surface area (Å²) in [5, 5.41) is 0.627. The maximum Gasteiger partial charge on any atom is 0.210 e. The molecule has 0 radical (unpaired) electrons. The Hall–Kier alpha value is -0.940. The second-order valence-electron chi connectivity index (χ2n) is 6.40. The van der Waals surface area contributed by atoms with Crippen LogP contribution in [0.3, 0.4) is 0 Å². The predicted molar refractivity (Wildman–Crippen MR) is 137 cm³/mol. The summed E-state index contributed by atoms with van der Waals surface area (Å²) in [6, 6.07) is 7.82. The molecule has 0 unspecified atom stereocenters. The van der Waals surface area contributed by atoms with Crippen molar-refractivity contribution in [2.45, 2.75) is 0 Å². The van der Waals surface area contributed by atoms with Crippen LogP contribution in [0.25, 0.3) is 0 Å². The van der Waals surface area contributed by atoms with Crippen molar-refractivity contribution in [3.8, 4) is 0 Å². The van der Waals surface area contributed by atoms with Crippen LogP contribution in [0.2, 0.25) is 30.1 Å². The molecule has 0 spiro atoms. The van der Waals surface area contributed by atoms with Crippen molar-refractivity contribution in [3.05, 3.63) is 101 Å². The van der Waals surface area contributed by atoms with Crippen molar-refractivity contribution in [1.29, 1.82) is 0 Å². The van der Waals surface area contributed by atoms with Crippen LogP contribution in [0.15, 0.2) is 54.6 Å². The quantitative estimate of drug-likeness (QED) is 0.271. The van der Waals surface area contributed by atoms with E-state index in [1.807, 2.05) is 0 Å². The average molecular weight is 585 g/mol. The van der Waals surface area contributed by atoms with E-state index in [1.165, 1.54) is 54.6 Å². The largest absolute Gasteiger partial charge is 0.287 e. The highest BCUT2D eigenvalue weighted by atomic mass is 35.5. The van der Waals surface area contributed by atoms with Gasteiger partial charge in [0.15, 0.2) is 6.04 Å². The summed E-state index contributed by atoms with van der Waals surface area (Å²) < 4.78 is 0. The minimum absolute atomic E-state index is 0.0540. The van der Waals surface area contributed by atoms with Crippen LogP contribution >= 0.6 is 75.6 Å². The van der Waals surface area contributed by atoms with Gasteiger partial charge >= 0.3 is 0 Å². The van der Waals surface area contributed by atoms with Crippen molar-refractivity contribution in [1.82, 2.24) is 0 Å². The summed E-state index contributed by atoms with van der Waals surface area (Å²) in [4.78, 5) is 40.9. The summed E-state index contributed by atoms with van der Waals surface area (Å²) in [6.45, 7) is 0. The molecule has 0 fully saturated rings. The van der Waals surface area contributed by atoms with Gasteiger partial charge in [-0.15, -0.1) is 0 Å². The van der Waals surface area contributed by atoms with Gasteiger partial charge in [-0.05, 0) is 54.6 Å². The first-order valence-electron chi connectivity index (χ1n) is 8.56. The van der Waals surface area contributed by atoms with Gasteiger partial charge in [-0.25, -0.2) is 0 Å². The van der Waals surface area contributed by atoms with Gasteiger partial charge in [0.2, 0.25) is 16.6 Å². The summed E-state index contributed by atoms with van der Waals surface area (Å²) in [5.74, 6) is 0. The minimum atomic E-state index is -4.25. The van der Waals surface area contributed by atoms with Crippen LogP contribution in [-0.2, 0) is 11.8 Å². The standard InChI is InChI=1S/C21H9Cl6O3PS/c22-10-1-4-13(16(25)7-10)19(28)31(32,20(29)14-5-2-11(23)8-17(14)26)21(30)15-6-3-12(24)9-18(15)27/h1-9H. The number of rotatable bonds is 6. The molecular formula is C21H9Cl6O3PS. The second-order valence-corrected chi connectivity index (χ2v) is 13.0. The molecule has 0 heterocycles. The molecule has 0 aliphatic rings. The second kappa shape index (κ2) is 10.1. The van der Waals surface area contributed by atoms with E-state index in [9.17, 15) is 14.4 Å². The Balaban J connectivity index is 2.26. The summed E-state index contributed by atoms with van der Waals surface area (Å²) in [6.07, 6.45) is 0. The average Bonchev–Trinajstić information content (AvgIpc) is 2.72. The summed E-state index contributed by atoms with van der Waals surface area (Å²) >= 11 is 41.9. The first-order chi connectivity index (χ1) is 15.0. The zero-order valence-corrected chi connectivity index (χ0v) is 21.8. The molecule has 3 aromatic rings. The molecule has 32 heavy (non-hydrogen) atoms. The first-order valence-corrected chi connectivity index (χ1v) is 13.6. The lowest BCUT2D eigenvalue weighted by Crippen LogP contribution is -2.19. The van der Waals surface area contributed by atoms with Crippen LogP contribution < -0.4 is 0 Å². The van der Waals surface area contributed by atoms with Gasteiger partial charge in [-0.1, -0.05) is 81.4 Å². The van der Waals surface area contributed by atoms with Crippen LogP contribution in [0.5, 0.6) is 0 Å². The van der Waals surface area contributed by atoms with E-state index in [0.29, 0.717) is 0 Å². The molecule has 11 heteroatoms. The highest BCUT2D eigenvalue weighted by molar-refractivity contribution is 8.38. The molecule has 0 amide bonds. The SMILES string of the molecule is O=C(c1ccc(Cl)cc1Cl)P(=S)(C(=O)c1ccc(Cl)cc1Cl)C(=O)c1ccc(Cl)cc1Cl. The Morgan fingerprint density at radius 3 is 1.00 bits per heavy atom. The fourth-order valence-corrected chi connectivity index (χ4v) is 7.50. The lowest BCUT2D eigenvalue weighted by molar-refractivity contribution is 0.102. The molecular weight excluding hydrogens is 576 g/mol. The highest BCUT2D eigenvalue weighted by Gasteiger charge is 2.45. The third-order valence-electron chi connectivity index (χ3n) is 4.34. The van der Waals surface area contributed by atoms with Gasteiger partial charge in [0, 0.05) is 31.8 Å². The van der Waals surface area contributed by atoms with Crippen molar-refractivity contribution in [3.63, 3.8) is 0 Å². The number of carbonyl (C=O) groups excluding carboxylic acids is 3. The molecule has 0 saturated carbocycles. The normalized spacial score (nSPS) is 11.3. The molecule has 3 aromatic carbocycles. The molecule has 0 aliphatic carbocycles.